The molecular weight excluding hydrogens is 299 g/mol. The van der Waals surface area contributed by atoms with Gasteiger partial charge < -0.3 is 9.30 Å². The largest absolute Gasteiger partial charge is 0.462 e. The number of alkyl halides is 3. The van der Waals surface area contributed by atoms with Crippen LogP contribution >= 0.6 is 0 Å². The minimum atomic E-state index is -4.50. The molecule has 0 atom stereocenters. The molecule has 118 valence electrons. The van der Waals surface area contributed by atoms with Crippen LogP contribution in [-0.4, -0.2) is 17.1 Å². The Morgan fingerprint density at radius 1 is 1.27 bits per heavy atom. The number of aromatic nitrogens is 1. The molecule has 22 heavy (non-hydrogen) atoms. The van der Waals surface area contributed by atoms with Gasteiger partial charge in [0.05, 0.1) is 17.7 Å². The summed E-state index contributed by atoms with van der Waals surface area (Å²) < 4.78 is 44.6. The predicted molar refractivity (Wildman–Crippen MR) is 74.8 cm³/mol. The molecular formula is C15H14F3NO3. The minimum absolute atomic E-state index is 0.0559. The van der Waals surface area contributed by atoms with E-state index in [2.05, 4.69) is 0 Å². The highest BCUT2D eigenvalue weighted by atomic mass is 19.4. The third kappa shape index (κ3) is 2.84. The van der Waals surface area contributed by atoms with Crippen LogP contribution < -0.4 is 5.43 Å². The fourth-order valence-corrected chi connectivity index (χ4v) is 2.18. The number of hydrogen-bond donors (Lipinski definition) is 0. The molecule has 0 spiro atoms. The quantitative estimate of drug-likeness (QED) is 0.818. The zero-order valence-corrected chi connectivity index (χ0v) is 12.0. The number of hydrogen-bond acceptors (Lipinski definition) is 3. The highest BCUT2D eigenvalue weighted by Gasteiger charge is 2.31. The maximum absolute atomic E-state index is 12.8. The van der Waals surface area contributed by atoms with Crippen molar-refractivity contribution >= 4 is 16.9 Å². The number of esters is 1. The van der Waals surface area contributed by atoms with E-state index in [9.17, 15) is 22.8 Å². The van der Waals surface area contributed by atoms with Crippen molar-refractivity contribution in [3.05, 3.63) is 45.7 Å². The van der Waals surface area contributed by atoms with Crippen LogP contribution in [0.3, 0.4) is 0 Å². The fraction of sp³-hybridized carbons (Fsp3) is 0.333. The van der Waals surface area contributed by atoms with Crippen LogP contribution in [0.2, 0.25) is 0 Å². The Labute approximate surface area is 124 Å². The number of pyridine rings is 1. The molecule has 4 nitrogen and oxygen atoms in total. The first-order valence-corrected chi connectivity index (χ1v) is 6.71. The average molecular weight is 313 g/mol. The van der Waals surface area contributed by atoms with E-state index < -0.39 is 23.1 Å². The molecule has 0 N–H and O–H groups in total. The summed E-state index contributed by atoms with van der Waals surface area (Å²) in [5.41, 5.74) is -1.52. The number of aryl methyl sites for hydroxylation is 1. The fourth-order valence-electron chi connectivity index (χ4n) is 2.18. The minimum Gasteiger partial charge on any atom is -0.462 e. The van der Waals surface area contributed by atoms with Crippen molar-refractivity contribution in [2.75, 3.05) is 6.61 Å². The number of carbonyl (C=O) groups excluding carboxylic acids is 1. The molecule has 0 fully saturated rings. The van der Waals surface area contributed by atoms with E-state index in [1.165, 1.54) is 10.8 Å². The molecule has 0 bridgehead atoms. The van der Waals surface area contributed by atoms with Crippen LogP contribution in [0.25, 0.3) is 10.9 Å². The van der Waals surface area contributed by atoms with Gasteiger partial charge in [-0.15, -0.1) is 0 Å². The maximum Gasteiger partial charge on any atom is 0.416 e. The third-order valence-corrected chi connectivity index (χ3v) is 3.24. The van der Waals surface area contributed by atoms with Crippen molar-refractivity contribution in [3.63, 3.8) is 0 Å². The molecule has 1 aromatic heterocycles. The van der Waals surface area contributed by atoms with Crippen molar-refractivity contribution in [2.24, 2.45) is 0 Å². The summed E-state index contributed by atoms with van der Waals surface area (Å²) >= 11 is 0. The highest BCUT2D eigenvalue weighted by Crippen LogP contribution is 2.31. The van der Waals surface area contributed by atoms with E-state index in [1.807, 2.05) is 0 Å². The summed E-state index contributed by atoms with van der Waals surface area (Å²) in [7, 11) is 0. The Balaban J connectivity index is 2.75. The second kappa shape index (κ2) is 5.82. The van der Waals surface area contributed by atoms with Crippen LogP contribution in [0.15, 0.2) is 29.2 Å². The van der Waals surface area contributed by atoms with E-state index in [1.54, 1.807) is 13.8 Å². The maximum atomic E-state index is 12.8. The monoisotopic (exact) mass is 313 g/mol. The van der Waals surface area contributed by atoms with Gasteiger partial charge in [-0.3, -0.25) is 4.79 Å². The number of fused-ring (bicyclic) bond motifs is 1. The molecule has 2 aromatic rings. The predicted octanol–water partition coefficient (Wildman–Crippen LogP) is 3.22. The number of carbonyl (C=O) groups is 1. The number of rotatable bonds is 3. The summed E-state index contributed by atoms with van der Waals surface area (Å²) in [5.74, 6) is -0.781. The van der Waals surface area contributed by atoms with E-state index in [0.29, 0.717) is 6.54 Å². The van der Waals surface area contributed by atoms with Gasteiger partial charge >= 0.3 is 12.1 Å². The molecule has 0 unspecified atom stereocenters. The van der Waals surface area contributed by atoms with Crippen LogP contribution in [-0.2, 0) is 17.5 Å². The summed E-state index contributed by atoms with van der Waals surface area (Å²) in [4.78, 5) is 24.1. The lowest BCUT2D eigenvalue weighted by Gasteiger charge is -2.13. The van der Waals surface area contributed by atoms with Gasteiger partial charge in [0, 0.05) is 18.1 Å². The lowest BCUT2D eigenvalue weighted by molar-refractivity contribution is -0.137. The summed E-state index contributed by atoms with van der Waals surface area (Å²) in [5, 5.41) is 0.0559. The highest BCUT2D eigenvalue weighted by molar-refractivity contribution is 5.93. The molecule has 1 heterocycles. The first-order chi connectivity index (χ1) is 10.3. The normalized spacial score (nSPS) is 11.7. The molecule has 2 rings (SSSR count). The van der Waals surface area contributed by atoms with Gasteiger partial charge in [0.2, 0.25) is 5.43 Å². The molecule has 0 amide bonds. The lowest BCUT2D eigenvalue weighted by atomic mass is 10.1. The summed E-state index contributed by atoms with van der Waals surface area (Å²) in [6, 6.07) is 2.84. The van der Waals surface area contributed by atoms with Gasteiger partial charge in [-0.2, -0.15) is 13.2 Å². The van der Waals surface area contributed by atoms with Gasteiger partial charge in [0.1, 0.15) is 5.56 Å². The molecule has 0 aliphatic carbocycles. The smallest absolute Gasteiger partial charge is 0.416 e. The Bertz CT molecular complexity index is 778. The van der Waals surface area contributed by atoms with Crippen LogP contribution in [0, 0.1) is 0 Å². The molecule has 0 radical (unpaired) electrons. The average Bonchev–Trinajstić information content (AvgIpc) is 2.46. The number of benzene rings is 1. The Kier molecular flexibility index (Phi) is 4.25. The first-order valence-electron chi connectivity index (χ1n) is 6.71. The first kappa shape index (κ1) is 16.1. The van der Waals surface area contributed by atoms with Crippen molar-refractivity contribution in [2.45, 2.75) is 26.6 Å². The Morgan fingerprint density at radius 2 is 1.95 bits per heavy atom. The lowest BCUT2D eigenvalue weighted by Crippen LogP contribution is -2.21. The summed E-state index contributed by atoms with van der Waals surface area (Å²) in [6.07, 6.45) is -3.26. The van der Waals surface area contributed by atoms with Gasteiger partial charge in [-0.1, -0.05) is 0 Å². The van der Waals surface area contributed by atoms with Crippen LogP contribution in [0.4, 0.5) is 13.2 Å². The second-order valence-electron chi connectivity index (χ2n) is 4.61. The Hall–Kier alpha value is -2.31. The second-order valence-corrected chi connectivity index (χ2v) is 4.61. The van der Waals surface area contributed by atoms with E-state index in [-0.39, 0.29) is 23.1 Å². The zero-order valence-electron chi connectivity index (χ0n) is 12.0. The molecule has 0 aliphatic rings. The van der Waals surface area contributed by atoms with E-state index >= 15 is 0 Å². The van der Waals surface area contributed by atoms with Gasteiger partial charge in [0.25, 0.3) is 0 Å². The number of nitrogens with zero attached hydrogens (tertiary/aromatic N) is 1. The molecule has 7 heteroatoms. The van der Waals surface area contributed by atoms with Crippen LogP contribution in [0.5, 0.6) is 0 Å². The van der Waals surface area contributed by atoms with Crippen molar-refractivity contribution in [1.29, 1.82) is 0 Å². The number of ether oxygens (including phenoxy) is 1. The molecule has 0 aliphatic heterocycles. The van der Waals surface area contributed by atoms with Gasteiger partial charge in [-0.05, 0) is 32.0 Å². The molecule has 1 aromatic carbocycles. The van der Waals surface area contributed by atoms with Crippen molar-refractivity contribution in [1.82, 2.24) is 4.57 Å². The van der Waals surface area contributed by atoms with Crippen molar-refractivity contribution in [3.8, 4) is 0 Å². The van der Waals surface area contributed by atoms with Crippen molar-refractivity contribution < 1.29 is 22.7 Å². The van der Waals surface area contributed by atoms with E-state index in [4.69, 9.17) is 4.74 Å². The van der Waals surface area contributed by atoms with Crippen LogP contribution in [0.1, 0.15) is 29.8 Å². The topological polar surface area (TPSA) is 48.3 Å². The van der Waals surface area contributed by atoms with E-state index in [0.717, 1.165) is 18.2 Å². The molecule has 0 saturated carbocycles. The SMILES string of the molecule is CCOC(=O)c1cn(CC)c2cc(C(F)(F)F)ccc2c1=O. The molecule has 0 saturated heterocycles. The third-order valence-electron chi connectivity index (χ3n) is 3.24. The van der Waals surface area contributed by atoms with Gasteiger partial charge in [-0.25, -0.2) is 4.79 Å². The summed E-state index contributed by atoms with van der Waals surface area (Å²) in [6.45, 7) is 3.73. The number of halogens is 3. The zero-order chi connectivity index (χ0) is 16.5. The standard InChI is InChI=1S/C15H14F3NO3/c1-3-19-8-11(14(21)22-4-2)13(20)10-6-5-9(7-12(10)19)15(16,17)18/h5-8H,3-4H2,1-2H3. The van der Waals surface area contributed by atoms with Gasteiger partial charge in [0.15, 0.2) is 0 Å². The Morgan fingerprint density at radius 3 is 2.50 bits per heavy atom.